The Morgan fingerprint density at radius 3 is 2.52 bits per heavy atom. The van der Waals surface area contributed by atoms with Gasteiger partial charge in [-0.3, -0.25) is 4.31 Å². The zero-order chi connectivity index (χ0) is 15.3. The van der Waals surface area contributed by atoms with Crippen LogP contribution in [0.1, 0.15) is 20.3 Å². The number of aliphatic imine (C=N–C) groups is 1. The lowest BCUT2D eigenvalue weighted by molar-refractivity contribution is -0.139. The number of para-hydroxylation sites is 1. The number of ether oxygens (including phenoxy) is 2. The second kappa shape index (κ2) is 7.02. The van der Waals surface area contributed by atoms with Gasteiger partial charge in [-0.25, -0.2) is 13.4 Å². The fraction of sp³-hybridized carbons (Fsp3) is 0.500. The third-order valence-electron chi connectivity index (χ3n) is 3.07. The summed E-state index contributed by atoms with van der Waals surface area (Å²) in [4.78, 5) is 4.41. The third-order valence-corrected chi connectivity index (χ3v) is 4.86. The molecule has 0 radical (unpaired) electrons. The monoisotopic (exact) mass is 312 g/mol. The molecule has 0 amide bonds. The second-order valence-electron chi connectivity index (χ2n) is 4.46. The summed E-state index contributed by atoms with van der Waals surface area (Å²) < 4.78 is 37.1. The lowest BCUT2D eigenvalue weighted by atomic mass is 10.3. The molecule has 1 heterocycles. The molecule has 21 heavy (non-hydrogen) atoms. The van der Waals surface area contributed by atoms with Crippen LogP contribution in [0.4, 0.5) is 5.69 Å². The minimum atomic E-state index is -3.54. The highest BCUT2D eigenvalue weighted by Gasteiger charge is 2.28. The van der Waals surface area contributed by atoms with E-state index < -0.39 is 16.3 Å². The maximum atomic E-state index is 12.5. The van der Waals surface area contributed by atoms with E-state index in [1.54, 1.807) is 24.3 Å². The summed E-state index contributed by atoms with van der Waals surface area (Å²) in [7, 11) is -3.54. The average Bonchev–Trinajstić information content (AvgIpc) is 2.47. The van der Waals surface area contributed by atoms with E-state index in [0.29, 0.717) is 25.3 Å². The molecule has 6 nitrogen and oxygen atoms in total. The van der Waals surface area contributed by atoms with Gasteiger partial charge >= 0.3 is 0 Å². The molecule has 0 fully saturated rings. The van der Waals surface area contributed by atoms with Gasteiger partial charge in [-0.15, -0.1) is 0 Å². The fourth-order valence-electron chi connectivity index (χ4n) is 2.09. The molecule has 116 valence electrons. The Balaban J connectivity index is 2.09. The van der Waals surface area contributed by atoms with Crippen molar-refractivity contribution in [1.29, 1.82) is 0 Å². The Bertz CT molecular complexity index is 595. The van der Waals surface area contributed by atoms with E-state index in [1.165, 1.54) is 10.6 Å². The van der Waals surface area contributed by atoms with E-state index >= 15 is 0 Å². The van der Waals surface area contributed by atoms with Gasteiger partial charge < -0.3 is 9.47 Å². The summed E-state index contributed by atoms with van der Waals surface area (Å²) in [5.41, 5.74) is 0.472. The molecule has 0 unspecified atom stereocenters. The highest BCUT2D eigenvalue weighted by Crippen LogP contribution is 2.29. The van der Waals surface area contributed by atoms with Crippen molar-refractivity contribution in [3.63, 3.8) is 0 Å². The maximum Gasteiger partial charge on any atom is 0.267 e. The zero-order valence-corrected chi connectivity index (χ0v) is 13.0. The van der Waals surface area contributed by atoms with Gasteiger partial charge in [0.25, 0.3) is 10.0 Å². The minimum absolute atomic E-state index is 0.233. The van der Waals surface area contributed by atoms with E-state index in [0.717, 1.165) is 0 Å². The van der Waals surface area contributed by atoms with Crippen molar-refractivity contribution in [2.45, 2.75) is 31.5 Å². The van der Waals surface area contributed by atoms with Crippen LogP contribution in [0.5, 0.6) is 0 Å². The number of hydrogen-bond donors (Lipinski definition) is 0. The van der Waals surface area contributed by atoms with E-state index in [-0.39, 0.29) is 11.4 Å². The van der Waals surface area contributed by atoms with Crippen LogP contribution in [0.25, 0.3) is 0 Å². The first kappa shape index (κ1) is 15.9. The number of nitrogens with zero attached hydrogens (tertiary/aromatic N) is 2. The van der Waals surface area contributed by atoms with Crippen LogP contribution in [-0.4, -0.2) is 45.1 Å². The van der Waals surface area contributed by atoms with Crippen molar-refractivity contribution in [2.24, 2.45) is 4.99 Å². The lowest BCUT2D eigenvalue weighted by Gasteiger charge is -2.25. The summed E-state index contributed by atoms with van der Waals surface area (Å²) >= 11 is 0. The smallest absolute Gasteiger partial charge is 0.267 e. The molecule has 0 N–H and O–H groups in total. The van der Waals surface area contributed by atoms with Crippen molar-refractivity contribution in [1.82, 2.24) is 4.31 Å². The van der Waals surface area contributed by atoms with Crippen molar-refractivity contribution in [2.75, 3.05) is 19.8 Å². The summed E-state index contributed by atoms with van der Waals surface area (Å²) in [5.74, 6) is 0. The third kappa shape index (κ3) is 3.61. The van der Waals surface area contributed by atoms with Crippen molar-refractivity contribution >= 4 is 22.0 Å². The highest BCUT2D eigenvalue weighted by molar-refractivity contribution is 7.89. The van der Waals surface area contributed by atoms with Crippen LogP contribution < -0.4 is 0 Å². The van der Waals surface area contributed by atoms with E-state index in [4.69, 9.17) is 9.47 Å². The van der Waals surface area contributed by atoms with Gasteiger partial charge in [0.2, 0.25) is 0 Å². The molecule has 7 heteroatoms. The fourth-order valence-corrected chi connectivity index (χ4v) is 3.50. The quantitative estimate of drug-likeness (QED) is 0.723. The molecule has 0 aromatic heterocycles. The standard InChI is InChI=1S/C14H20N2O4S/c1-3-19-14(20-4-2)9-10-16-11-15-12-7-5-6-8-13(12)21(16,17)18/h5-8,11,14H,3-4,9-10H2,1-2H3. The van der Waals surface area contributed by atoms with Gasteiger partial charge in [0, 0.05) is 26.2 Å². The molecule has 1 aromatic carbocycles. The van der Waals surface area contributed by atoms with Gasteiger partial charge in [0.05, 0.1) is 5.69 Å². The molecular weight excluding hydrogens is 292 g/mol. The van der Waals surface area contributed by atoms with E-state index in [9.17, 15) is 8.42 Å². The van der Waals surface area contributed by atoms with Crippen molar-refractivity contribution in [3.8, 4) is 0 Å². The summed E-state index contributed by atoms with van der Waals surface area (Å²) in [6, 6.07) is 6.71. The molecule has 0 spiro atoms. The molecule has 1 aromatic rings. The largest absolute Gasteiger partial charge is 0.353 e. The molecule has 0 aliphatic carbocycles. The number of rotatable bonds is 7. The normalized spacial score (nSPS) is 16.2. The molecular formula is C14H20N2O4S. The van der Waals surface area contributed by atoms with Gasteiger partial charge in [-0.05, 0) is 26.0 Å². The number of sulfonamides is 1. The first-order chi connectivity index (χ1) is 10.1. The van der Waals surface area contributed by atoms with E-state index in [1.807, 2.05) is 13.8 Å². The Hall–Kier alpha value is -1.44. The summed E-state index contributed by atoms with van der Waals surface area (Å²) in [5, 5.41) is 0. The van der Waals surface area contributed by atoms with Crippen LogP contribution in [0.2, 0.25) is 0 Å². The SMILES string of the molecule is CCOC(CCN1C=Nc2ccccc2S1(=O)=O)OCC. The summed E-state index contributed by atoms with van der Waals surface area (Å²) in [6.45, 7) is 5.07. The van der Waals surface area contributed by atoms with Crippen molar-refractivity contribution < 1.29 is 17.9 Å². The molecule has 0 bridgehead atoms. The van der Waals surface area contributed by atoms with Crippen molar-refractivity contribution in [3.05, 3.63) is 24.3 Å². The van der Waals surface area contributed by atoms with Gasteiger partial charge in [0.1, 0.15) is 11.2 Å². The lowest BCUT2D eigenvalue weighted by Crippen LogP contribution is -2.35. The molecule has 2 rings (SSSR count). The molecule has 0 saturated carbocycles. The predicted octanol–water partition coefficient (Wildman–Crippen LogP) is 2.14. The average molecular weight is 312 g/mol. The number of hydrogen-bond acceptors (Lipinski definition) is 5. The van der Waals surface area contributed by atoms with Crippen LogP contribution in [-0.2, 0) is 19.5 Å². The van der Waals surface area contributed by atoms with Gasteiger partial charge in [-0.1, -0.05) is 12.1 Å². The van der Waals surface area contributed by atoms with Crippen LogP contribution in [0.3, 0.4) is 0 Å². The molecule has 0 saturated heterocycles. The molecule has 1 aliphatic rings. The Morgan fingerprint density at radius 2 is 1.86 bits per heavy atom. The Kier molecular flexibility index (Phi) is 5.33. The Morgan fingerprint density at radius 1 is 1.19 bits per heavy atom. The number of benzene rings is 1. The zero-order valence-electron chi connectivity index (χ0n) is 12.2. The minimum Gasteiger partial charge on any atom is -0.353 e. The maximum absolute atomic E-state index is 12.5. The van der Waals surface area contributed by atoms with Crippen LogP contribution >= 0.6 is 0 Å². The van der Waals surface area contributed by atoms with Gasteiger partial charge in [0.15, 0.2) is 6.29 Å². The Labute approximate surface area is 125 Å². The topological polar surface area (TPSA) is 68.2 Å². The molecule has 1 aliphatic heterocycles. The predicted molar refractivity (Wildman–Crippen MR) is 80.1 cm³/mol. The summed E-state index contributed by atoms with van der Waals surface area (Å²) in [6.07, 6.45) is 1.41. The van der Waals surface area contributed by atoms with Crippen LogP contribution in [0, 0.1) is 0 Å². The van der Waals surface area contributed by atoms with Crippen LogP contribution in [0.15, 0.2) is 34.2 Å². The number of fused-ring (bicyclic) bond motifs is 1. The van der Waals surface area contributed by atoms with E-state index in [2.05, 4.69) is 4.99 Å². The first-order valence-electron chi connectivity index (χ1n) is 6.97. The highest BCUT2D eigenvalue weighted by atomic mass is 32.2. The first-order valence-corrected chi connectivity index (χ1v) is 8.41. The van der Waals surface area contributed by atoms with Gasteiger partial charge in [-0.2, -0.15) is 0 Å². The molecule has 0 atom stereocenters. The second-order valence-corrected chi connectivity index (χ2v) is 6.32.